The molecule has 102 valence electrons. The van der Waals surface area contributed by atoms with Gasteiger partial charge in [-0.3, -0.25) is 4.79 Å². The molecule has 3 heterocycles. The lowest BCUT2D eigenvalue weighted by molar-refractivity contribution is -0.439. The summed E-state index contributed by atoms with van der Waals surface area (Å²) in [4.78, 5) is 12.3. The number of hydrogen-bond donors (Lipinski definition) is 0. The van der Waals surface area contributed by atoms with Gasteiger partial charge in [0.1, 0.15) is 5.82 Å². The lowest BCUT2D eigenvalue weighted by Gasteiger charge is -2.49. The molecule has 0 aromatic heterocycles. The number of fused-ring (bicyclic) bond motifs is 3. The monoisotopic (exact) mass is 266 g/mol. The molecule has 4 nitrogen and oxygen atoms in total. The highest BCUT2D eigenvalue weighted by atomic mass is 19.1. The van der Waals surface area contributed by atoms with Crippen molar-refractivity contribution in [1.82, 2.24) is 0 Å². The highest BCUT2D eigenvalue weighted by Gasteiger charge is 2.54. The second-order valence-corrected chi connectivity index (χ2v) is 5.46. The summed E-state index contributed by atoms with van der Waals surface area (Å²) in [5.74, 6) is -2.30. The normalized spacial score (nSPS) is 33.4. The van der Waals surface area contributed by atoms with E-state index in [0.29, 0.717) is 25.4 Å². The first kappa shape index (κ1) is 12.7. The number of halogens is 1. The molecule has 2 bridgehead atoms. The molecule has 0 amide bonds. The van der Waals surface area contributed by atoms with E-state index >= 15 is 0 Å². The maximum Gasteiger partial charge on any atom is 0.347 e. The van der Waals surface area contributed by atoms with Crippen molar-refractivity contribution in [1.29, 1.82) is 0 Å². The van der Waals surface area contributed by atoms with Crippen LogP contribution in [-0.2, 0) is 25.4 Å². The van der Waals surface area contributed by atoms with Gasteiger partial charge in [-0.15, -0.1) is 0 Å². The number of Topliss-reactive ketones (excluding diaryl/α,β-unsaturated/α-hetero) is 1. The van der Waals surface area contributed by atoms with Crippen LogP contribution in [0.4, 0.5) is 4.39 Å². The summed E-state index contributed by atoms with van der Waals surface area (Å²) in [6.45, 7) is 3.28. The minimum atomic E-state index is -1.59. The Labute approximate surface area is 110 Å². The molecule has 3 fully saturated rings. The van der Waals surface area contributed by atoms with Crippen LogP contribution in [0.2, 0.25) is 0 Å². The fourth-order valence-electron chi connectivity index (χ4n) is 2.24. The van der Waals surface area contributed by atoms with E-state index < -0.39 is 5.97 Å². The van der Waals surface area contributed by atoms with E-state index in [1.807, 2.05) is 6.92 Å². The van der Waals surface area contributed by atoms with E-state index in [1.165, 1.54) is 12.1 Å². The molecular weight excluding hydrogens is 251 g/mol. The smallest absolute Gasteiger partial charge is 0.320 e. The number of hydrogen-bond acceptors (Lipinski definition) is 4. The van der Waals surface area contributed by atoms with E-state index in [9.17, 15) is 9.18 Å². The van der Waals surface area contributed by atoms with Gasteiger partial charge in [-0.2, -0.15) is 0 Å². The summed E-state index contributed by atoms with van der Waals surface area (Å²) >= 11 is 0. The van der Waals surface area contributed by atoms with Crippen LogP contribution in [0.1, 0.15) is 12.5 Å². The SMILES string of the molecule is CC12COC(C(=O)Cc3cccc(F)c3)(OC1)OC2. The molecule has 3 aliphatic rings. The van der Waals surface area contributed by atoms with Crippen molar-refractivity contribution < 1.29 is 23.4 Å². The highest BCUT2D eigenvalue weighted by Crippen LogP contribution is 2.38. The van der Waals surface area contributed by atoms with E-state index in [-0.39, 0.29) is 23.4 Å². The van der Waals surface area contributed by atoms with E-state index in [4.69, 9.17) is 14.2 Å². The summed E-state index contributed by atoms with van der Waals surface area (Å²) in [5.41, 5.74) is 0.398. The minimum Gasteiger partial charge on any atom is -0.320 e. The van der Waals surface area contributed by atoms with Crippen molar-refractivity contribution in [2.45, 2.75) is 19.3 Å². The van der Waals surface area contributed by atoms with Crippen molar-refractivity contribution in [2.24, 2.45) is 5.41 Å². The Balaban J connectivity index is 1.74. The van der Waals surface area contributed by atoms with Crippen molar-refractivity contribution >= 4 is 5.78 Å². The third-order valence-corrected chi connectivity index (χ3v) is 3.43. The first-order valence-electron chi connectivity index (χ1n) is 6.21. The number of benzene rings is 1. The molecule has 1 aromatic rings. The highest BCUT2D eigenvalue weighted by molar-refractivity contribution is 5.86. The Kier molecular flexibility index (Phi) is 2.92. The summed E-state index contributed by atoms with van der Waals surface area (Å²) in [6.07, 6.45) is 0.0223. The van der Waals surface area contributed by atoms with E-state index in [2.05, 4.69) is 0 Å². The average Bonchev–Trinajstić information content (AvgIpc) is 2.40. The van der Waals surface area contributed by atoms with Crippen LogP contribution in [0.3, 0.4) is 0 Å². The van der Waals surface area contributed by atoms with Gasteiger partial charge in [0.05, 0.1) is 19.8 Å². The molecule has 3 saturated heterocycles. The molecule has 0 unspecified atom stereocenters. The van der Waals surface area contributed by atoms with Gasteiger partial charge >= 0.3 is 5.97 Å². The van der Waals surface area contributed by atoms with Crippen LogP contribution in [0, 0.1) is 11.2 Å². The van der Waals surface area contributed by atoms with Crippen LogP contribution in [0.25, 0.3) is 0 Å². The quantitative estimate of drug-likeness (QED) is 0.835. The van der Waals surface area contributed by atoms with Crippen molar-refractivity contribution in [3.05, 3.63) is 35.6 Å². The van der Waals surface area contributed by atoms with Gasteiger partial charge in [-0.05, 0) is 17.7 Å². The summed E-state index contributed by atoms with van der Waals surface area (Å²) in [5, 5.41) is 0. The molecule has 0 aliphatic carbocycles. The Morgan fingerprint density at radius 2 is 1.89 bits per heavy atom. The van der Waals surface area contributed by atoms with Gasteiger partial charge in [0.15, 0.2) is 0 Å². The molecule has 3 aliphatic heterocycles. The number of carbonyl (C=O) groups excluding carboxylic acids is 1. The van der Waals surface area contributed by atoms with Crippen LogP contribution in [0.5, 0.6) is 0 Å². The summed E-state index contributed by atoms with van der Waals surface area (Å²) in [6, 6.07) is 5.91. The number of ether oxygens (including phenoxy) is 3. The average molecular weight is 266 g/mol. The maximum atomic E-state index is 13.1. The molecule has 4 rings (SSSR count). The lowest BCUT2D eigenvalue weighted by Crippen LogP contribution is -2.62. The lowest BCUT2D eigenvalue weighted by atomic mass is 9.91. The van der Waals surface area contributed by atoms with Gasteiger partial charge < -0.3 is 14.2 Å². The molecule has 1 aromatic carbocycles. The van der Waals surface area contributed by atoms with Gasteiger partial charge in [0.25, 0.3) is 0 Å². The number of ketones is 1. The zero-order chi connectivity index (χ0) is 13.5. The third-order valence-electron chi connectivity index (χ3n) is 3.43. The van der Waals surface area contributed by atoms with Gasteiger partial charge in [0.2, 0.25) is 5.78 Å². The van der Waals surface area contributed by atoms with Crippen molar-refractivity contribution in [2.75, 3.05) is 19.8 Å². The molecule has 0 N–H and O–H groups in total. The first-order chi connectivity index (χ1) is 9.01. The number of rotatable bonds is 3. The second-order valence-electron chi connectivity index (χ2n) is 5.46. The standard InChI is InChI=1S/C14H15FO4/c1-13-7-17-14(18-8-13,19-9-13)12(16)6-10-3-2-4-11(15)5-10/h2-5H,6-9H2,1H3. The van der Waals surface area contributed by atoms with E-state index in [1.54, 1.807) is 12.1 Å². The molecule has 19 heavy (non-hydrogen) atoms. The minimum absolute atomic E-state index is 0.0223. The topological polar surface area (TPSA) is 44.8 Å². The zero-order valence-electron chi connectivity index (χ0n) is 10.6. The van der Waals surface area contributed by atoms with Crippen LogP contribution < -0.4 is 0 Å². The Bertz CT molecular complexity index is 489. The van der Waals surface area contributed by atoms with Crippen molar-refractivity contribution in [3.8, 4) is 0 Å². The molecule has 5 heteroatoms. The molecule has 0 spiro atoms. The Morgan fingerprint density at radius 3 is 2.47 bits per heavy atom. The summed E-state index contributed by atoms with van der Waals surface area (Å²) in [7, 11) is 0. The third kappa shape index (κ3) is 2.29. The second kappa shape index (κ2) is 4.37. The Hall–Kier alpha value is -1.30. The van der Waals surface area contributed by atoms with Gasteiger partial charge in [0, 0.05) is 11.8 Å². The largest absolute Gasteiger partial charge is 0.347 e. The zero-order valence-corrected chi connectivity index (χ0v) is 10.6. The first-order valence-corrected chi connectivity index (χ1v) is 6.21. The fraction of sp³-hybridized carbons (Fsp3) is 0.500. The maximum absolute atomic E-state index is 13.1. The van der Waals surface area contributed by atoms with Gasteiger partial charge in [-0.25, -0.2) is 4.39 Å². The molecule has 0 radical (unpaired) electrons. The number of carbonyl (C=O) groups is 1. The van der Waals surface area contributed by atoms with Gasteiger partial charge in [-0.1, -0.05) is 19.1 Å². The predicted molar refractivity (Wildman–Crippen MR) is 63.8 cm³/mol. The van der Waals surface area contributed by atoms with Crippen LogP contribution in [-0.4, -0.2) is 31.6 Å². The van der Waals surface area contributed by atoms with Crippen LogP contribution in [0.15, 0.2) is 24.3 Å². The van der Waals surface area contributed by atoms with Crippen LogP contribution >= 0.6 is 0 Å². The molecule has 0 atom stereocenters. The van der Waals surface area contributed by atoms with E-state index in [0.717, 1.165) is 0 Å². The summed E-state index contributed by atoms with van der Waals surface area (Å²) < 4.78 is 29.4. The Morgan fingerprint density at radius 1 is 1.26 bits per heavy atom. The molecule has 0 saturated carbocycles. The predicted octanol–water partition coefficient (Wildman–Crippen LogP) is 1.67. The van der Waals surface area contributed by atoms with Crippen molar-refractivity contribution in [3.63, 3.8) is 0 Å². The molecular formula is C14H15FO4. The fourth-order valence-corrected chi connectivity index (χ4v) is 2.24.